The van der Waals surface area contributed by atoms with Gasteiger partial charge in [-0.2, -0.15) is 0 Å². The lowest BCUT2D eigenvalue weighted by Crippen LogP contribution is -1.88. The lowest BCUT2D eigenvalue weighted by molar-refractivity contribution is 0.608. The van der Waals surface area contributed by atoms with Crippen molar-refractivity contribution in [3.8, 4) is 0 Å². The van der Waals surface area contributed by atoms with E-state index in [1.807, 2.05) is 6.07 Å². The Kier molecular flexibility index (Phi) is 5.26. The summed E-state index contributed by atoms with van der Waals surface area (Å²) in [5.74, 6) is 0. The topological polar surface area (TPSA) is 0 Å². The van der Waals surface area contributed by atoms with Crippen molar-refractivity contribution in [3.05, 3.63) is 48.0 Å². The zero-order valence-corrected chi connectivity index (χ0v) is 11.4. The van der Waals surface area contributed by atoms with Gasteiger partial charge in [-0.1, -0.05) is 75.4 Å². The molecule has 0 saturated carbocycles. The first-order valence-electron chi connectivity index (χ1n) is 7.30. The smallest absolute Gasteiger partial charge is 0.00731 e. The van der Waals surface area contributed by atoms with Crippen molar-refractivity contribution < 1.29 is 0 Å². The van der Waals surface area contributed by atoms with E-state index in [-0.39, 0.29) is 0 Å². The van der Waals surface area contributed by atoms with Crippen molar-refractivity contribution in [2.24, 2.45) is 0 Å². The Morgan fingerprint density at radius 2 is 1.67 bits per heavy atom. The quantitative estimate of drug-likeness (QED) is 0.556. The highest BCUT2D eigenvalue weighted by atomic mass is 14.0. The third-order valence-electron chi connectivity index (χ3n) is 3.58. The maximum Gasteiger partial charge on any atom is -0.00731 e. The molecule has 0 heterocycles. The van der Waals surface area contributed by atoms with Crippen molar-refractivity contribution in [2.45, 2.75) is 51.9 Å². The minimum absolute atomic E-state index is 1.20. The van der Waals surface area contributed by atoms with E-state index in [9.17, 15) is 0 Å². The van der Waals surface area contributed by atoms with Gasteiger partial charge in [-0.3, -0.25) is 0 Å². The molecule has 0 heteroatoms. The van der Waals surface area contributed by atoms with Gasteiger partial charge in [0.25, 0.3) is 0 Å². The molecular formula is C18H23. The minimum atomic E-state index is 1.20. The van der Waals surface area contributed by atoms with Crippen molar-refractivity contribution in [1.29, 1.82) is 0 Å². The van der Waals surface area contributed by atoms with Gasteiger partial charge >= 0.3 is 0 Å². The highest BCUT2D eigenvalue weighted by molar-refractivity contribution is 5.85. The Morgan fingerprint density at radius 1 is 0.889 bits per heavy atom. The van der Waals surface area contributed by atoms with Crippen molar-refractivity contribution >= 4 is 10.8 Å². The van der Waals surface area contributed by atoms with Gasteiger partial charge in [-0.25, -0.2) is 0 Å². The molecule has 0 N–H and O–H groups in total. The molecule has 0 unspecified atom stereocenters. The lowest BCUT2D eigenvalue weighted by atomic mass is 9.99. The van der Waals surface area contributed by atoms with Crippen LogP contribution in [0, 0.1) is 6.07 Å². The predicted molar refractivity (Wildman–Crippen MR) is 79.9 cm³/mol. The number of fused-ring (bicyclic) bond motifs is 1. The molecule has 18 heavy (non-hydrogen) atoms. The molecule has 95 valence electrons. The molecule has 2 aromatic rings. The van der Waals surface area contributed by atoms with Gasteiger partial charge in [-0.15, -0.1) is 0 Å². The third kappa shape index (κ3) is 3.60. The SMILES string of the molecule is CCCCCCCCc1cccc2ccc[c]c12. The normalized spacial score (nSPS) is 10.9. The van der Waals surface area contributed by atoms with Gasteiger partial charge in [0, 0.05) is 0 Å². The molecular weight excluding hydrogens is 216 g/mol. The molecule has 0 aliphatic heterocycles. The van der Waals surface area contributed by atoms with E-state index >= 15 is 0 Å². The fourth-order valence-electron chi connectivity index (χ4n) is 2.52. The Bertz CT molecular complexity index is 465. The Hall–Kier alpha value is -1.30. The van der Waals surface area contributed by atoms with Crippen molar-refractivity contribution in [3.63, 3.8) is 0 Å². The fourth-order valence-corrected chi connectivity index (χ4v) is 2.52. The summed E-state index contributed by atoms with van der Waals surface area (Å²) in [6.07, 6.45) is 9.39. The molecule has 0 aliphatic carbocycles. The first kappa shape index (κ1) is 13.1. The lowest BCUT2D eigenvalue weighted by Gasteiger charge is -2.06. The van der Waals surface area contributed by atoms with Crippen LogP contribution in [0.3, 0.4) is 0 Å². The summed E-state index contributed by atoms with van der Waals surface area (Å²) >= 11 is 0. The van der Waals surface area contributed by atoms with E-state index in [0.29, 0.717) is 0 Å². The molecule has 0 nitrogen and oxygen atoms in total. The van der Waals surface area contributed by atoms with Gasteiger partial charge in [0.1, 0.15) is 0 Å². The summed E-state index contributed by atoms with van der Waals surface area (Å²) in [7, 11) is 0. The van der Waals surface area contributed by atoms with Crippen LogP contribution in [0.15, 0.2) is 36.4 Å². The van der Waals surface area contributed by atoms with Gasteiger partial charge in [0.05, 0.1) is 0 Å². The second-order valence-corrected chi connectivity index (χ2v) is 5.07. The second kappa shape index (κ2) is 7.20. The van der Waals surface area contributed by atoms with E-state index in [2.05, 4.69) is 43.3 Å². The molecule has 0 aromatic heterocycles. The standard InChI is InChI=1S/C18H23/c1-2-3-4-5-6-7-11-16-13-10-14-17-12-8-9-15-18(16)17/h8-10,12-14H,2-7,11H2,1H3. The van der Waals surface area contributed by atoms with E-state index in [4.69, 9.17) is 0 Å². The molecule has 0 aliphatic rings. The molecule has 2 rings (SSSR count). The van der Waals surface area contributed by atoms with Crippen LogP contribution in [0.4, 0.5) is 0 Å². The molecule has 0 fully saturated rings. The first-order valence-corrected chi connectivity index (χ1v) is 7.30. The minimum Gasteiger partial charge on any atom is -0.0654 e. The molecule has 0 amide bonds. The van der Waals surface area contributed by atoms with Crippen LogP contribution >= 0.6 is 0 Å². The molecule has 1 radical (unpaired) electrons. The Balaban J connectivity index is 1.88. The number of hydrogen-bond acceptors (Lipinski definition) is 0. The Labute approximate surface area is 111 Å². The summed E-state index contributed by atoms with van der Waals surface area (Å²) in [4.78, 5) is 0. The highest BCUT2D eigenvalue weighted by Gasteiger charge is 2.00. The number of hydrogen-bond donors (Lipinski definition) is 0. The van der Waals surface area contributed by atoms with Gasteiger partial charge in [-0.05, 0) is 35.2 Å². The maximum atomic E-state index is 3.38. The van der Waals surface area contributed by atoms with E-state index in [1.54, 1.807) is 0 Å². The van der Waals surface area contributed by atoms with Crippen LogP contribution < -0.4 is 0 Å². The Morgan fingerprint density at radius 3 is 2.56 bits per heavy atom. The zero-order valence-electron chi connectivity index (χ0n) is 11.4. The van der Waals surface area contributed by atoms with Crippen LogP contribution in [0.1, 0.15) is 51.0 Å². The maximum absolute atomic E-state index is 3.38. The van der Waals surface area contributed by atoms with Crippen LogP contribution in [-0.2, 0) is 6.42 Å². The summed E-state index contributed by atoms with van der Waals surface area (Å²) in [6, 6.07) is 16.2. The van der Waals surface area contributed by atoms with Crippen LogP contribution in [0.5, 0.6) is 0 Å². The van der Waals surface area contributed by atoms with E-state index < -0.39 is 0 Å². The molecule has 0 atom stereocenters. The summed E-state index contributed by atoms with van der Waals surface area (Å²) in [6.45, 7) is 2.27. The largest absolute Gasteiger partial charge is 0.0654 e. The molecule has 0 bridgehead atoms. The second-order valence-electron chi connectivity index (χ2n) is 5.07. The number of rotatable bonds is 7. The third-order valence-corrected chi connectivity index (χ3v) is 3.58. The van der Waals surface area contributed by atoms with Crippen LogP contribution in [0.25, 0.3) is 10.8 Å². The first-order chi connectivity index (χ1) is 8.92. The monoisotopic (exact) mass is 239 g/mol. The van der Waals surface area contributed by atoms with Gasteiger partial charge in [0.2, 0.25) is 0 Å². The van der Waals surface area contributed by atoms with Crippen LogP contribution in [-0.4, -0.2) is 0 Å². The number of aryl methyl sites for hydroxylation is 1. The summed E-state index contributed by atoms with van der Waals surface area (Å²) < 4.78 is 0. The van der Waals surface area contributed by atoms with Gasteiger partial charge in [0.15, 0.2) is 0 Å². The average Bonchev–Trinajstić information content (AvgIpc) is 2.43. The summed E-state index contributed by atoms with van der Waals surface area (Å²) in [5.41, 5.74) is 1.46. The predicted octanol–water partition coefficient (Wildman–Crippen LogP) is 5.54. The number of benzene rings is 2. The molecule has 0 spiro atoms. The van der Waals surface area contributed by atoms with Gasteiger partial charge < -0.3 is 0 Å². The highest BCUT2D eigenvalue weighted by Crippen LogP contribution is 2.20. The zero-order chi connectivity index (χ0) is 12.6. The average molecular weight is 239 g/mol. The van der Waals surface area contributed by atoms with E-state index in [1.165, 1.54) is 61.3 Å². The van der Waals surface area contributed by atoms with Crippen molar-refractivity contribution in [2.75, 3.05) is 0 Å². The molecule has 0 saturated heterocycles. The fraction of sp³-hybridized carbons (Fsp3) is 0.444. The van der Waals surface area contributed by atoms with E-state index in [0.717, 1.165) is 0 Å². The van der Waals surface area contributed by atoms with Crippen molar-refractivity contribution in [1.82, 2.24) is 0 Å². The molecule has 2 aromatic carbocycles. The summed E-state index contributed by atoms with van der Waals surface area (Å²) in [5, 5.41) is 2.63. The van der Waals surface area contributed by atoms with Crippen LogP contribution in [0.2, 0.25) is 0 Å². The number of unbranched alkanes of at least 4 members (excludes halogenated alkanes) is 5.